The van der Waals surface area contributed by atoms with E-state index < -0.39 is 0 Å². The summed E-state index contributed by atoms with van der Waals surface area (Å²) in [7, 11) is 0. The largest absolute Gasteiger partial charge is 0.357 e. The van der Waals surface area contributed by atoms with Gasteiger partial charge in [0.05, 0.1) is 5.69 Å². The van der Waals surface area contributed by atoms with E-state index >= 15 is 0 Å². The van der Waals surface area contributed by atoms with Crippen LogP contribution in [0.3, 0.4) is 0 Å². The molecular formula is C13H14BrN. The molecular weight excluding hydrogens is 250 g/mol. The molecule has 15 heavy (non-hydrogen) atoms. The molecule has 1 aliphatic rings. The molecule has 0 atom stereocenters. The minimum atomic E-state index is 1.04. The van der Waals surface area contributed by atoms with E-state index in [-0.39, 0.29) is 0 Å². The highest BCUT2D eigenvalue weighted by Gasteiger charge is 2.20. The number of halogens is 1. The molecule has 1 aromatic rings. The fourth-order valence-corrected chi connectivity index (χ4v) is 2.65. The first-order valence-corrected chi connectivity index (χ1v) is 5.92. The van der Waals surface area contributed by atoms with Crippen LogP contribution in [0.2, 0.25) is 0 Å². The Morgan fingerprint density at radius 2 is 2.13 bits per heavy atom. The second-order valence-electron chi connectivity index (χ2n) is 3.68. The molecule has 0 aliphatic heterocycles. The van der Waals surface area contributed by atoms with Gasteiger partial charge in [-0.15, -0.1) is 0 Å². The van der Waals surface area contributed by atoms with Crippen LogP contribution in [0, 0.1) is 0 Å². The Morgan fingerprint density at radius 3 is 2.80 bits per heavy atom. The average molecular weight is 264 g/mol. The summed E-state index contributed by atoms with van der Waals surface area (Å²) in [5, 5.41) is 0. The lowest BCUT2D eigenvalue weighted by molar-refractivity contribution is 0.890. The van der Waals surface area contributed by atoms with Gasteiger partial charge in [-0.25, -0.2) is 0 Å². The van der Waals surface area contributed by atoms with E-state index in [1.54, 1.807) is 6.08 Å². The van der Waals surface area contributed by atoms with Crippen molar-refractivity contribution in [2.24, 2.45) is 0 Å². The summed E-state index contributed by atoms with van der Waals surface area (Å²) in [6.07, 6.45) is 9.25. The van der Waals surface area contributed by atoms with Gasteiger partial charge in [0.1, 0.15) is 0 Å². The lowest BCUT2D eigenvalue weighted by Crippen LogP contribution is -1.85. The number of fused-ring (bicyclic) bond motifs is 1. The van der Waals surface area contributed by atoms with Crippen molar-refractivity contribution >= 4 is 26.5 Å². The number of aromatic amines is 1. The Balaban J connectivity index is 2.53. The maximum absolute atomic E-state index is 3.89. The average Bonchev–Trinajstić information content (AvgIpc) is 2.76. The first kappa shape index (κ1) is 10.5. The van der Waals surface area contributed by atoms with E-state index in [0.29, 0.717) is 0 Å². The number of aryl methyl sites for hydroxylation is 1. The molecule has 0 amide bonds. The molecule has 1 N–H and O–H groups in total. The highest BCUT2D eigenvalue weighted by Crippen LogP contribution is 2.34. The zero-order chi connectivity index (χ0) is 10.8. The highest BCUT2D eigenvalue weighted by molar-refractivity contribution is 9.15. The van der Waals surface area contributed by atoms with Crippen molar-refractivity contribution in [1.82, 2.24) is 4.98 Å². The van der Waals surface area contributed by atoms with Gasteiger partial charge in [-0.05, 0) is 46.8 Å². The number of rotatable bonds is 3. The Bertz CT molecular complexity index is 438. The summed E-state index contributed by atoms with van der Waals surface area (Å²) in [5.74, 6) is 0. The fraction of sp³-hybridized carbons (Fsp3) is 0.231. The quantitative estimate of drug-likeness (QED) is 0.792. The number of allylic oxidation sites excluding steroid dienone is 2. The van der Waals surface area contributed by atoms with Crippen LogP contribution >= 0.6 is 15.9 Å². The monoisotopic (exact) mass is 263 g/mol. The van der Waals surface area contributed by atoms with Gasteiger partial charge < -0.3 is 4.98 Å². The van der Waals surface area contributed by atoms with Crippen LogP contribution < -0.4 is 0 Å². The number of aromatic nitrogens is 1. The van der Waals surface area contributed by atoms with Crippen molar-refractivity contribution in [2.75, 3.05) is 0 Å². The van der Waals surface area contributed by atoms with E-state index in [0.717, 1.165) is 16.6 Å². The molecule has 0 unspecified atom stereocenters. The Morgan fingerprint density at radius 1 is 1.33 bits per heavy atom. The van der Waals surface area contributed by atoms with Gasteiger partial charge in [0.25, 0.3) is 0 Å². The number of hydrogen-bond donors (Lipinski definition) is 1. The minimum Gasteiger partial charge on any atom is -0.357 e. The summed E-state index contributed by atoms with van der Waals surface area (Å²) in [5.41, 5.74) is 5.19. The molecule has 1 nitrogen and oxygen atoms in total. The van der Waals surface area contributed by atoms with Crippen LogP contribution in [0.15, 0.2) is 25.3 Å². The number of H-pyrrole nitrogens is 1. The van der Waals surface area contributed by atoms with E-state index in [9.17, 15) is 0 Å². The zero-order valence-electron chi connectivity index (χ0n) is 8.65. The standard InChI is InChI=1S/C13H14BrN/c1-3-6-11(14)13-9(4-2)10-7-5-8-12(10)15-13/h3-4,6,15H,1-2,5,7-8H2/b11-6+. The van der Waals surface area contributed by atoms with Crippen LogP contribution in [0.1, 0.15) is 28.9 Å². The number of nitrogens with one attached hydrogen (secondary N) is 1. The normalized spacial score (nSPS) is 15.1. The molecule has 1 heterocycles. The third-order valence-electron chi connectivity index (χ3n) is 2.80. The van der Waals surface area contributed by atoms with Crippen molar-refractivity contribution in [1.29, 1.82) is 0 Å². The molecule has 0 radical (unpaired) electrons. The molecule has 0 saturated heterocycles. The van der Waals surface area contributed by atoms with Gasteiger partial charge in [-0.3, -0.25) is 0 Å². The minimum absolute atomic E-state index is 1.04. The lowest BCUT2D eigenvalue weighted by atomic mass is 10.1. The summed E-state index contributed by atoms with van der Waals surface area (Å²) in [6.45, 7) is 7.59. The Labute approximate surface area is 98.7 Å². The van der Waals surface area contributed by atoms with Crippen molar-refractivity contribution in [3.8, 4) is 0 Å². The SMILES string of the molecule is C=C/C=C(/Br)c1[nH]c2c(c1C=C)CCC2. The predicted octanol–water partition coefficient (Wildman–Crippen LogP) is 4.07. The maximum Gasteiger partial charge on any atom is 0.0603 e. The first-order valence-electron chi connectivity index (χ1n) is 5.12. The second kappa shape index (κ2) is 4.23. The molecule has 0 bridgehead atoms. The number of hydrogen-bond acceptors (Lipinski definition) is 0. The molecule has 2 rings (SSSR count). The van der Waals surface area contributed by atoms with Crippen molar-refractivity contribution in [3.05, 3.63) is 47.8 Å². The summed E-state index contributed by atoms with van der Waals surface area (Å²) < 4.78 is 1.04. The van der Waals surface area contributed by atoms with Gasteiger partial charge in [-0.1, -0.05) is 25.3 Å². The summed E-state index contributed by atoms with van der Waals surface area (Å²) in [6, 6.07) is 0. The molecule has 0 fully saturated rings. The van der Waals surface area contributed by atoms with E-state index in [1.165, 1.54) is 29.7 Å². The molecule has 78 valence electrons. The molecule has 2 heteroatoms. The van der Waals surface area contributed by atoms with Crippen LogP contribution in [-0.4, -0.2) is 4.98 Å². The fourth-order valence-electron chi connectivity index (χ4n) is 2.15. The van der Waals surface area contributed by atoms with Crippen LogP contribution in [0.5, 0.6) is 0 Å². The highest BCUT2D eigenvalue weighted by atomic mass is 79.9. The van der Waals surface area contributed by atoms with E-state index in [2.05, 4.69) is 34.1 Å². The topological polar surface area (TPSA) is 15.8 Å². The Hall–Kier alpha value is -1.02. The predicted molar refractivity (Wildman–Crippen MR) is 70.0 cm³/mol. The molecule has 0 aromatic carbocycles. The van der Waals surface area contributed by atoms with Crippen molar-refractivity contribution in [3.63, 3.8) is 0 Å². The molecule has 0 spiro atoms. The molecule has 1 aliphatic carbocycles. The third-order valence-corrected chi connectivity index (χ3v) is 3.46. The summed E-state index contributed by atoms with van der Waals surface area (Å²) in [4.78, 5) is 3.46. The van der Waals surface area contributed by atoms with Gasteiger partial charge in [-0.2, -0.15) is 0 Å². The van der Waals surface area contributed by atoms with Crippen LogP contribution in [0.25, 0.3) is 10.6 Å². The van der Waals surface area contributed by atoms with Crippen molar-refractivity contribution < 1.29 is 0 Å². The summed E-state index contributed by atoms with van der Waals surface area (Å²) >= 11 is 3.55. The zero-order valence-corrected chi connectivity index (χ0v) is 10.2. The Kier molecular flexibility index (Phi) is 2.96. The lowest BCUT2D eigenvalue weighted by Gasteiger charge is -2.00. The molecule has 1 aromatic heterocycles. The smallest absolute Gasteiger partial charge is 0.0603 e. The second-order valence-corrected chi connectivity index (χ2v) is 4.53. The van der Waals surface area contributed by atoms with E-state index in [1.807, 2.05) is 12.2 Å². The van der Waals surface area contributed by atoms with Crippen molar-refractivity contribution in [2.45, 2.75) is 19.3 Å². The van der Waals surface area contributed by atoms with Crippen LogP contribution in [-0.2, 0) is 12.8 Å². The first-order chi connectivity index (χ1) is 7.27. The van der Waals surface area contributed by atoms with Gasteiger partial charge in [0, 0.05) is 15.7 Å². The van der Waals surface area contributed by atoms with E-state index in [4.69, 9.17) is 0 Å². The molecule has 0 saturated carbocycles. The maximum atomic E-state index is 3.89. The third kappa shape index (κ3) is 1.74. The van der Waals surface area contributed by atoms with Gasteiger partial charge in [0.2, 0.25) is 0 Å². The van der Waals surface area contributed by atoms with Gasteiger partial charge in [0.15, 0.2) is 0 Å². The van der Waals surface area contributed by atoms with Crippen LogP contribution in [0.4, 0.5) is 0 Å². The van der Waals surface area contributed by atoms with Gasteiger partial charge >= 0.3 is 0 Å².